The highest BCUT2D eigenvalue weighted by Gasteiger charge is 2.13. The van der Waals surface area contributed by atoms with Crippen LogP contribution in [0, 0.1) is 0 Å². The highest BCUT2D eigenvalue weighted by atomic mass is 16.2. The van der Waals surface area contributed by atoms with Crippen molar-refractivity contribution in [3.05, 3.63) is 0 Å². The monoisotopic (exact) mass is 257 g/mol. The minimum atomic E-state index is -0.396. The summed E-state index contributed by atoms with van der Waals surface area (Å²) in [5.74, 6) is 0.0767. The van der Waals surface area contributed by atoms with Gasteiger partial charge in [0.05, 0.1) is 0 Å². The molecule has 3 N–H and O–H groups in total. The van der Waals surface area contributed by atoms with Gasteiger partial charge in [-0.15, -0.1) is 0 Å². The summed E-state index contributed by atoms with van der Waals surface area (Å²) in [4.78, 5) is 24.9. The van der Waals surface area contributed by atoms with Gasteiger partial charge in [0, 0.05) is 38.0 Å². The number of amides is 2. The van der Waals surface area contributed by atoms with Crippen molar-refractivity contribution in [2.45, 2.75) is 52.5 Å². The van der Waals surface area contributed by atoms with Crippen molar-refractivity contribution < 1.29 is 9.59 Å². The number of hydrogen-bond donors (Lipinski definition) is 2. The summed E-state index contributed by atoms with van der Waals surface area (Å²) in [5.41, 5.74) is 5.36. The number of rotatable bonds is 8. The number of nitrogens with one attached hydrogen (secondary N) is 1. The largest absolute Gasteiger partial charge is 0.354 e. The molecule has 0 spiro atoms. The summed E-state index contributed by atoms with van der Waals surface area (Å²) in [7, 11) is 0. The highest BCUT2D eigenvalue weighted by molar-refractivity contribution is 5.78. The molecule has 0 bridgehead atoms. The zero-order chi connectivity index (χ0) is 14.2. The number of carbonyl (C=O) groups is 2. The van der Waals surface area contributed by atoms with Crippen molar-refractivity contribution in [2.75, 3.05) is 19.6 Å². The van der Waals surface area contributed by atoms with E-state index in [0.717, 1.165) is 13.1 Å². The molecule has 0 aromatic rings. The second-order valence-electron chi connectivity index (χ2n) is 5.18. The second kappa shape index (κ2) is 8.08. The molecule has 0 fully saturated rings. The highest BCUT2D eigenvalue weighted by Crippen LogP contribution is 2.01. The number of hydrogen-bond acceptors (Lipinski definition) is 3. The molecule has 18 heavy (non-hydrogen) atoms. The van der Waals surface area contributed by atoms with Gasteiger partial charge >= 0.3 is 0 Å². The van der Waals surface area contributed by atoms with Gasteiger partial charge in [-0.3, -0.25) is 9.59 Å². The van der Waals surface area contributed by atoms with Crippen molar-refractivity contribution in [3.63, 3.8) is 0 Å². The average Bonchev–Trinajstić information content (AvgIpc) is 2.27. The Bertz CT molecular complexity index is 268. The van der Waals surface area contributed by atoms with Gasteiger partial charge in [-0.1, -0.05) is 0 Å². The molecule has 0 aromatic carbocycles. The summed E-state index contributed by atoms with van der Waals surface area (Å²) >= 11 is 0. The molecule has 0 unspecified atom stereocenters. The minimum absolute atomic E-state index is 0.0409. The topological polar surface area (TPSA) is 75.4 Å². The molecule has 0 atom stereocenters. The predicted octanol–water partition coefficient (Wildman–Crippen LogP) is 0.879. The fourth-order valence-corrected chi connectivity index (χ4v) is 1.55. The Morgan fingerprint density at radius 3 is 2.17 bits per heavy atom. The molecule has 2 amide bonds. The van der Waals surface area contributed by atoms with Crippen LogP contribution in [0.25, 0.3) is 0 Å². The van der Waals surface area contributed by atoms with Gasteiger partial charge < -0.3 is 16.0 Å². The van der Waals surface area contributed by atoms with Crippen LogP contribution in [-0.2, 0) is 9.59 Å². The first-order valence-corrected chi connectivity index (χ1v) is 6.63. The maximum atomic E-state index is 11.7. The summed E-state index contributed by atoms with van der Waals surface area (Å²) in [6.07, 6.45) is 1.40. The SMILES string of the molecule is CCN(CC)C(=O)CCCC(=O)NCC(C)(C)N. The van der Waals surface area contributed by atoms with E-state index in [4.69, 9.17) is 5.73 Å². The number of nitrogens with two attached hydrogens (primary N) is 1. The first-order chi connectivity index (χ1) is 8.30. The second-order valence-corrected chi connectivity index (χ2v) is 5.18. The van der Waals surface area contributed by atoms with E-state index < -0.39 is 5.54 Å². The molecule has 0 aliphatic carbocycles. The third kappa shape index (κ3) is 8.06. The van der Waals surface area contributed by atoms with Crippen LogP contribution < -0.4 is 11.1 Å². The van der Waals surface area contributed by atoms with Gasteiger partial charge in [0.1, 0.15) is 0 Å². The maximum absolute atomic E-state index is 11.7. The molecule has 0 heterocycles. The lowest BCUT2D eigenvalue weighted by molar-refractivity contribution is -0.131. The lowest BCUT2D eigenvalue weighted by Gasteiger charge is -2.19. The Hall–Kier alpha value is -1.10. The Labute approximate surface area is 110 Å². The van der Waals surface area contributed by atoms with Crippen LogP contribution >= 0.6 is 0 Å². The lowest BCUT2D eigenvalue weighted by Crippen LogP contribution is -2.45. The van der Waals surface area contributed by atoms with Crippen LogP contribution in [0.4, 0.5) is 0 Å². The zero-order valence-corrected chi connectivity index (χ0v) is 12.1. The molecule has 0 rings (SSSR count). The minimum Gasteiger partial charge on any atom is -0.354 e. The van der Waals surface area contributed by atoms with Crippen molar-refractivity contribution in [3.8, 4) is 0 Å². The van der Waals surface area contributed by atoms with Gasteiger partial charge in [0.15, 0.2) is 0 Å². The summed E-state index contributed by atoms with van der Waals surface area (Å²) in [5, 5.41) is 2.76. The third-order valence-corrected chi connectivity index (χ3v) is 2.65. The molecule has 0 aliphatic rings. The lowest BCUT2D eigenvalue weighted by atomic mass is 10.1. The van der Waals surface area contributed by atoms with Crippen LogP contribution in [0.1, 0.15) is 47.0 Å². The van der Waals surface area contributed by atoms with Gasteiger partial charge in [-0.2, -0.15) is 0 Å². The smallest absolute Gasteiger partial charge is 0.222 e. The zero-order valence-electron chi connectivity index (χ0n) is 12.1. The molecule has 0 aliphatic heterocycles. The van der Waals surface area contributed by atoms with Crippen molar-refractivity contribution in [2.24, 2.45) is 5.73 Å². The Balaban J connectivity index is 3.78. The molecule has 0 saturated heterocycles. The van der Waals surface area contributed by atoms with E-state index in [1.54, 1.807) is 4.90 Å². The van der Waals surface area contributed by atoms with Gasteiger partial charge in [-0.05, 0) is 34.1 Å². The maximum Gasteiger partial charge on any atom is 0.222 e. The van der Waals surface area contributed by atoms with Crippen LogP contribution in [0.2, 0.25) is 0 Å². The standard InChI is InChI=1S/C13H27N3O2/c1-5-16(6-2)12(18)9-7-8-11(17)15-10-13(3,4)14/h5-10,14H2,1-4H3,(H,15,17). The molecular weight excluding hydrogens is 230 g/mol. The molecular formula is C13H27N3O2. The van der Waals surface area contributed by atoms with E-state index in [2.05, 4.69) is 5.32 Å². The summed E-state index contributed by atoms with van der Waals surface area (Å²) in [6.45, 7) is 9.53. The molecule has 5 heteroatoms. The van der Waals surface area contributed by atoms with Crippen molar-refractivity contribution in [1.29, 1.82) is 0 Å². The molecule has 106 valence electrons. The Kier molecular flexibility index (Phi) is 7.59. The normalized spacial score (nSPS) is 11.2. The van der Waals surface area contributed by atoms with E-state index in [-0.39, 0.29) is 11.8 Å². The average molecular weight is 257 g/mol. The number of carbonyl (C=O) groups excluding carboxylic acids is 2. The third-order valence-electron chi connectivity index (χ3n) is 2.65. The fourth-order valence-electron chi connectivity index (χ4n) is 1.55. The first-order valence-electron chi connectivity index (χ1n) is 6.63. The molecule has 0 saturated carbocycles. The first kappa shape index (κ1) is 16.9. The van der Waals surface area contributed by atoms with E-state index in [0.29, 0.717) is 25.8 Å². The van der Waals surface area contributed by atoms with Gasteiger partial charge in [0.25, 0.3) is 0 Å². The van der Waals surface area contributed by atoms with Gasteiger partial charge in [0.2, 0.25) is 11.8 Å². The van der Waals surface area contributed by atoms with Crippen LogP contribution in [0.3, 0.4) is 0 Å². The summed E-state index contributed by atoms with van der Waals surface area (Å²) in [6, 6.07) is 0. The molecule has 0 radical (unpaired) electrons. The van der Waals surface area contributed by atoms with Crippen LogP contribution in [-0.4, -0.2) is 41.9 Å². The van der Waals surface area contributed by atoms with Gasteiger partial charge in [-0.25, -0.2) is 0 Å². The fraction of sp³-hybridized carbons (Fsp3) is 0.846. The predicted molar refractivity (Wildman–Crippen MR) is 73.1 cm³/mol. The Morgan fingerprint density at radius 2 is 1.72 bits per heavy atom. The van der Waals surface area contributed by atoms with E-state index in [1.807, 2.05) is 27.7 Å². The van der Waals surface area contributed by atoms with E-state index in [9.17, 15) is 9.59 Å². The van der Waals surface area contributed by atoms with Crippen molar-refractivity contribution >= 4 is 11.8 Å². The Morgan fingerprint density at radius 1 is 1.17 bits per heavy atom. The quantitative estimate of drug-likeness (QED) is 0.677. The van der Waals surface area contributed by atoms with E-state index >= 15 is 0 Å². The number of nitrogens with zero attached hydrogens (tertiary/aromatic N) is 1. The molecule has 5 nitrogen and oxygen atoms in total. The summed E-state index contributed by atoms with van der Waals surface area (Å²) < 4.78 is 0. The molecule has 0 aromatic heterocycles. The van der Waals surface area contributed by atoms with E-state index in [1.165, 1.54) is 0 Å². The van der Waals surface area contributed by atoms with Crippen molar-refractivity contribution in [1.82, 2.24) is 10.2 Å². The van der Waals surface area contributed by atoms with Crippen LogP contribution in [0.5, 0.6) is 0 Å². The van der Waals surface area contributed by atoms with Crippen LogP contribution in [0.15, 0.2) is 0 Å².